The maximum atomic E-state index is 11.6. The molecule has 5 nitrogen and oxygen atoms in total. The molecule has 0 atom stereocenters. The quantitative estimate of drug-likeness (QED) is 0.746. The minimum Gasteiger partial charge on any atom is -0.354 e. The molecule has 2 amide bonds. The van der Waals surface area contributed by atoms with Gasteiger partial charge in [0.25, 0.3) is 0 Å². The second kappa shape index (κ2) is 8.12. The second-order valence-corrected chi connectivity index (χ2v) is 5.73. The smallest absolute Gasteiger partial charge is 0.239 e. The number of amides is 2. The van der Waals surface area contributed by atoms with Gasteiger partial charge in [-0.3, -0.25) is 9.59 Å². The summed E-state index contributed by atoms with van der Waals surface area (Å²) >= 11 is 7.02. The maximum absolute atomic E-state index is 11.6. The molecule has 7 heteroatoms. The molecule has 0 aliphatic rings. The minimum absolute atomic E-state index is 0.000702. The second-order valence-electron chi connectivity index (χ2n) is 4.52. The SMILES string of the molecule is CC(C)CNC(=O)CNC(=O)Cc1nc(CCl)cs1. The number of hydrogen-bond donors (Lipinski definition) is 2. The number of alkyl halides is 1. The van der Waals surface area contributed by atoms with Gasteiger partial charge in [-0.15, -0.1) is 22.9 Å². The molecule has 19 heavy (non-hydrogen) atoms. The van der Waals surface area contributed by atoms with Crippen molar-refractivity contribution in [3.8, 4) is 0 Å². The van der Waals surface area contributed by atoms with Crippen molar-refractivity contribution in [1.29, 1.82) is 0 Å². The van der Waals surface area contributed by atoms with Gasteiger partial charge in [-0.2, -0.15) is 0 Å². The zero-order valence-electron chi connectivity index (χ0n) is 11.0. The van der Waals surface area contributed by atoms with Crippen LogP contribution in [-0.4, -0.2) is 29.9 Å². The first kappa shape index (κ1) is 15.9. The molecule has 0 bridgehead atoms. The van der Waals surface area contributed by atoms with Gasteiger partial charge < -0.3 is 10.6 Å². The highest BCUT2D eigenvalue weighted by Crippen LogP contribution is 2.11. The molecule has 0 aliphatic heterocycles. The van der Waals surface area contributed by atoms with Crippen LogP contribution in [0.5, 0.6) is 0 Å². The van der Waals surface area contributed by atoms with E-state index in [-0.39, 0.29) is 24.8 Å². The first-order valence-electron chi connectivity index (χ1n) is 6.04. The number of nitrogens with zero attached hydrogens (tertiary/aromatic N) is 1. The van der Waals surface area contributed by atoms with Crippen molar-refractivity contribution >= 4 is 34.8 Å². The lowest BCUT2D eigenvalue weighted by Crippen LogP contribution is -2.38. The van der Waals surface area contributed by atoms with E-state index in [1.54, 1.807) is 0 Å². The highest BCUT2D eigenvalue weighted by atomic mass is 35.5. The average molecular weight is 304 g/mol. The Labute approximate surface area is 121 Å². The fourth-order valence-electron chi connectivity index (χ4n) is 1.25. The number of halogens is 1. The molecule has 0 fully saturated rings. The Hall–Kier alpha value is -1.14. The van der Waals surface area contributed by atoms with Crippen molar-refractivity contribution in [2.24, 2.45) is 5.92 Å². The van der Waals surface area contributed by atoms with E-state index in [0.29, 0.717) is 23.4 Å². The lowest BCUT2D eigenvalue weighted by atomic mass is 10.2. The summed E-state index contributed by atoms with van der Waals surface area (Å²) < 4.78 is 0. The van der Waals surface area contributed by atoms with Gasteiger partial charge in [0.05, 0.1) is 24.5 Å². The average Bonchev–Trinajstić information content (AvgIpc) is 2.81. The van der Waals surface area contributed by atoms with Gasteiger partial charge >= 0.3 is 0 Å². The molecule has 0 aromatic carbocycles. The number of nitrogens with one attached hydrogen (secondary N) is 2. The van der Waals surface area contributed by atoms with Crippen LogP contribution < -0.4 is 10.6 Å². The predicted molar refractivity (Wildman–Crippen MR) is 76.2 cm³/mol. The summed E-state index contributed by atoms with van der Waals surface area (Å²) in [6.45, 7) is 4.63. The van der Waals surface area contributed by atoms with Gasteiger partial charge in [0.2, 0.25) is 11.8 Å². The first-order valence-corrected chi connectivity index (χ1v) is 7.45. The topological polar surface area (TPSA) is 71.1 Å². The summed E-state index contributed by atoms with van der Waals surface area (Å²) in [6, 6.07) is 0. The Bertz CT molecular complexity index is 434. The van der Waals surface area contributed by atoms with E-state index >= 15 is 0 Å². The molecule has 1 aromatic rings. The Morgan fingerprint density at radius 3 is 2.68 bits per heavy atom. The van der Waals surface area contributed by atoms with Crippen LogP contribution in [0, 0.1) is 5.92 Å². The van der Waals surface area contributed by atoms with Crippen molar-refractivity contribution in [3.05, 3.63) is 16.1 Å². The molecule has 1 rings (SSSR count). The van der Waals surface area contributed by atoms with Crippen molar-refractivity contribution < 1.29 is 9.59 Å². The van der Waals surface area contributed by atoms with Gasteiger partial charge in [-0.25, -0.2) is 4.98 Å². The maximum Gasteiger partial charge on any atom is 0.239 e. The number of hydrogen-bond acceptors (Lipinski definition) is 4. The largest absolute Gasteiger partial charge is 0.354 e. The third-order valence-corrected chi connectivity index (χ3v) is 3.37. The summed E-state index contributed by atoms with van der Waals surface area (Å²) in [4.78, 5) is 27.2. The van der Waals surface area contributed by atoms with Crippen LogP contribution in [0.4, 0.5) is 0 Å². The molecule has 1 aromatic heterocycles. The number of aromatic nitrogens is 1. The Morgan fingerprint density at radius 1 is 1.37 bits per heavy atom. The molecule has 0 unspecified atom stereocenters. The highest BCUT2D eigenvalue weighted by Gasteiger charge is 2.09. The minimum atomic E-state index is -0.213. The number of thiazole rings is 1. The summed E-state index contributed by atoms with van der Waals surface area (Å²) in [6.07, 6.45) is 0.180. The lowest BCUT2D eigenvalue weighted by molar-refractivity contribution is -0.125. The molecule has 0 radical (unpaired) electrons. The molecule has 0 spiro atoms. The van der Waals surface area contributed by atoms with E-state index in [0.717, 1.165) is 5.69 Å². The van der Waals surface area contributed by atoms with Crippen LogP contribution in [-0.2, 0) is 21.9 Å². The standard InChI is InChI=1S/C12H18ClN3O2S/c1-8(2)5-14-11(18)6-15-10(17)3-12-16-9(4-13)7-19-12/h7-8H,3-6H2,1-2H3,(H,14,18)(H,15,17). The van der Waals surface area contributed by atoms with Crippen molar-refractivity contribution in [1.82, 2.24) is 15.6 Å². The summed E-state index contributed by atoms with van der Waals surface area (Å²) in [7, 11) is 0. The zero-order valence-corrected chi connectivity index (χ0v) is 12.6. The van der Waals surface area contributed by atoms with Crippen LogP contribution >= 0.6 is 22.9 Å². The molecule has 2 N–H and O–H groups in total. The molecule has 106 valence electrons. The van der Waals surface area contributed by atoms with Crippen molar-refractivity contribution in [2.75, 3.05) is 13.1 Å². The lowest BCUT2D eigenvalue weighted by Gasteiger charge is -2.08. The highest BCUT2D eigenvalue weighted by molar-refractivity contribution is 7.09. The van der Waals surface area contributed by atoms with Crippen LogP contribution in [0.25, 0.3) is 0 Å². The first-order chi connectivity index (χ1) is 9.01. The Morgan fingerprint density at radius 2 is 2.11 bits per heavy atom. The van der Waals surface area contributed by atoms with Gasteiger partial charge in [0, 0.05) is 11.9 Å². The van der Waals surface area contributed by atoms with E-state index in [9.17, 15) is 9.59 Å². The fraction of sp³-hybridized carbons (Fsp3) is 0.583. The third kappa shape index (κ3) is 6.54. The predicted octanol–water partition coefficient (Wildman–Crippen LogP) is 1.31. The monoisotopic (exact) mass is 303 g/mol. The Kier molecular flexibility index (Phi) is 6.80. The molecular weight excluding hydrogens is 286 g/mol. The summed E-state index contributed by atoms with van der Waals surface area (Å²) in [5, 5.41) is 7.82. The van der Waals surface area contributed by atoms with E-state index < -0.39 is 0 Å². The summed E-state index contributed by atoms with van der Waals surface area (Å²) in [5.41, 5.74) is 0.768. The molecule has 0 saturated heterocycles. The van der Waals surface area contributed by atoms with Gasteiger partial charge in [0.15, 0.2) is 0 Å². The molecular formula is C12H18ClN3O2S. The van der Waals surface area contributed by atoms with Crippen molar-refractivity contribution in [2.45, 2.75) is 26.1 Å². The number of rotatable bonds is 7. The third-order valence-electron chi connectivity index (χ3n) is 2.20. The van der Waals surface area contributed by atoms with Crippen LogP contribution in [0.2, 0.25) is 0 Å². The van der Waals surface area contributed by atoms with E-state index in [1.165, 1.54) is 11.3 Å². The van der Waals surface area contributed by atoms with E-state index in [1.807, 2.05) is 19.2 Å². The zero-order chi connectivity index (χ0) is 14.3. The molecule has 0 aliphatic carbocycles. The van der Waals surface area contributed by atoms with Gasteiger partial charge in [-0.1, -0.05) is 13.8 Å². The van der Waals surface area contributed by atoms with Crippen molar-refractivity contribution in [3.63, 3.8) is 0 Å². The van der Waals surface area contributed by atoms with E-state index in [4.69, 9.17) is 11.6 Å². The Balaban J connectivity index is 2.25. The number of carbonyl (C=O) groups is 2. The van der Waals surface area contributed by atoms with Gasteiger partial charge in [0.1, 0.15) is 5.01 Å². The normalized spacial score (nSPS) is 10.5. The van der Waals surface area contributed by atoms with Crippen LogP contribution in [0.15, 0.2) is 5.38 Å². The van der Waals surface area contributed by atoms with Gasteiger partial charge in [-0.05, 0) is 5.92 Å². The van der Waals surface area contributed by atoms with Crippen LogP contribution in [0.1, 0.15) is 24.5 Å². The van der Waals surface area contributed by atoms with E-state index in [2.05, 4.69) is 15.6 Å². The molecule has 1 heterocycles. The summed E-state index contributed by atoms with van der Waals surface area (Å²) in [5.74, 6) is 0.345. The molecule has 0 saturated carbocycles. The fourth-order valence-corrected chi connectivity index (χ4v) is 2.27. The number of carbonyl (C=O) groups excluding carboxylic acids is 2. The van der Waals surface area contributed by atoms with Crippen LogP contribution in [0.3, 0.4) is 0 Å².